The van der Waals surface area contributed by atoms with Crippen molar-refractivity contribution in [3.63, 3.8) is 0 Å². The van der Waals surface area contributed by atoms with Gasteiger partial charge in [0.05, 0.1) is 13.2 Å². The fourth-order valence-corrected chi connectivity index (χ4v) is 4.66. The van der Waals surface area contributed by atoms with Crippen LogP contribution in [0.1, 0.15) is 175 Å². The van der Waals surface area contributed by atoms with Crippen molar-refractivity contribution in [2.75, 3.05) is 13.2 Å². The molecular formula is C33H64O4. The van der Waals surface area contributed by atoms with Gasteiger partial charge in [0.25, 0.3) is 0 Å². The fourth-order valence-electron chi connectivity index (χ4n) is 4.66. The molecule has 0 N–H and O–H groups in total. The van der Waals surface area contributed by atoms with Crippen molar-refractivity contribution < 1.29 is 19.1 Å². The Bertz CT molecular complexity index is 457. The molecule has 0 rings (SSSR count). The molecule has 4 heteroatoms. The first-order valence-electron chi connectivity index (χ1n) is 16.2. The zero-order valence-corrected chi connectivity index (χ0v) is 25.5. The average molecular weight is 525 g/mol. The summed E-state index contributed by atoms with van der Waals surface area (Å²) < 4.78 is 10.7. The van der Waals surface area contributed by atoms with Crippen LogP contribution in [-0.4, -0.2) is 25.2 Å². The van der Waals surface area contributed by atoms with E-state index in [1.807, 2.05) is 0 Å². The third-order valence-electron chi connectivity index (χ3n) is 7.14. The zero-order valence-electron chi connectivity index (χ0n) is 25.5. The highest BCUT2D eigenvalue weighted by atomic mass is 16.5. The number of carbonyl (C=O) groups excluding carboxylic acids is 2. The highest BCUT2D eigenvalue weighted by molar-refractivity contribution is 5.69. The van der Waals surface area contributed by atoms with Crippen molar-refractivity contribution in [2.45, 2.75) is 175 Å². The van der Waals surface area contributed by atoms with E-state index < -0.39 is 0 Å². The monoisotopic (exact) mass is 524 g/mol. The Morgan fingerprint density at radius 3 is 0.973 bits per heavy atom. The maximum absolute atomic E-state index is 11.8. The Labute approximate surface area is 231 Å². The van der Waals surface area contributed by atoms with Crippen LogP contribution in [-0.2, 0) is 19.1 Å². The lowest BCUT2D eigenvalue weighted by molar-refractivity contribution is -0.144. The molecule has 0 unspecified atom stereocenters. The minimum Gasteiger partial charge on any atom is -0.466 e. The van der Waals surface area contributed by atoms with Crippen molar-refractivity contribution >= 4 is 11.9 Å². The van der Waals surface area contributed by atoms with Crippen molar-refractivity contribution in [1.82, 2.24) is 0 Å². The minimum absolute atomic E-state index is 0.00769. The number of hydrogen-bond acceptors (Lipinski definition) is 4. The average Bonchev–Trinajstić information content (AvgIpc) is 2.85. The van der Waals surface area contributed by atoms with E-state index >= 15 is 0 Å². The van der Waals surface area contributed by atoms with Crippen LogP contribution in [0, 0.1) is 11.8 Å². The molecule has 4 nitrogen and oxygen atoms in total. The molecule has 0 aromatic rings. The van der Waals surface area contributed by atoms with Crippen LogP contribution >= 0.6 is 0 Å². The Morgan fingerprint density at radius 2 is 0.676 bits per heavy atom. The van der Waals surface area contributed by atoms with Gasteiger partial charge in [0.15, 0.2) is 0 Å². The van der Waals surface area contributed by atoms with Gasteiger partial charge in [0.2, 0.25) is 0 Å². The fraction of sp³-hybridized carbons (Fsp3) is 0.939. The third kappa shape index (κ3) is 31.1. The summed E-state index contributed by atoms with van der Waals surface area (Å²) in [5.74, 6) is 1.53. The van der Waals surface area contributed by atoms with E-state index in [9.17, 15) is 9.59 Å². The number of ether oxygens (including phenoxy) is 2. The highest BCUT2D eigenvalue weighted by Crippen LogP contribution is 2.14. The van der Waals surface area contributed by atoms with Gasteiger partial charge in [0.1, 0.15) is 0 Å². The number of esters is 2. The van der Waals surface area contributed by atoms with Gasteiger partial charge in [-0.3, -0.25) is 9.59 Å². The summed E-state index contributed by atoms with van der Waals surface area (Å²) in [7, 11) is 0. The first-order chi connectivity index (χ1) is 17.9. The van der Waals surface area contributed by atoms with Crippen molar-refractivity contribution in [3.05, 3.63) is 0 Å². The van der Waals surface area contributed by atoms with E-state index in [0.717, 1.165) is 50.4 Å². The lowest BCUT2D eigenvalue weighted by Gasteiger charge is -2.06. The first kappa shape index (κ1) is 35.9. The van der Waals surface area contributed by atoms with Gasteiger partial charge in [-0.1, -0.05) is 137 Å². The summed E-state index contributed by atoms with van der Waals surface area (Å²) in [4.78, 5) is 23.5. The van der Waals surface area contributed by atoms with Crippen molar-refractivity contribution in [1.29, 1.82) is 0 Å². The SMILES string of the molecule is CC(C)CCCCCOC(=O)CCCCCCCCCCCCCCCC(=O)OCCCCCC(C)C. The molecule has 220 valence electrons. The van der Waals surface area contributed by atoms with Crippen LogP contribution in [0.3, 0.4) is 0 Å². The summed E-state index contributed by atoms with van der Waals surface area (Å²) >= 11 is 0. The van der Waals surface area contributed by atoms with Crippen molar-refractivity contribution in [3.8, 4) is 0 Å². The van der Waals surface area contributed by atoms with E-state index in [1.54, 1.807) is 0 Å². The summed E-state index contributed by atoms with van der Waals surface area (Å²) in [5.41, 5.74) is 0. The minimum atomic E-state index is -0.00769. The van der Waals surface area contributed by atoms with Gasteiger partial charge < -0.3 is 9.47 Å². The second-order valence-electron chi connectivity index (χ2n) is 12.0. The molecule has 0 aliphatic carbocycles. The van der Waals surface area contributed by atoms with Crippen LogP contribution in [0.25, 0.3) is 0 Å². The molecule has 0 aromatic heterocycles. The lowest BCUT2D eigenvalue weighted by atomic mass is 10.0. The largest absolute Gasteiger partial charge is 0.466 e. The molecule has 0 bridgehead atoms. The van der Waals surface area contributed by atoms with Crippen molar-refractivity contribution in [2.24, 2.45) is 11.8 Å². The maximum Gasteiger partial charge on any atom is 0.305 e. The molecule has 0 radical (unpaired) electrons. The van der Waals surface area contributed by atoms with Crippen LogP contribution in [0.15, 0.2) is 0 Å². The Balaban J connectivity index is 3.22. The second kappa shape index (κ2) is 28.0. The summed E-state index contributed by atoms with van der Waals surface area (Å²) in [6.45, 7) is 10.2. The molecule has 0 aliphatic heterocycles. The predicted octanol–water partition coefficient (Wildman–Crippen LogP) is 10.4. The topological polar surface area (TPSA) is 52.6 Å². The maximum atomic E-state index is 11.8. The summed E-state index contributed by atoms with van der Waals surface area (Å²) in [6.07, 6.45) is 26.5. The van der Waals surface area contributed by atoms with E-state index in [-0.39, 0.29) is 11.9 Å². The standard InChI is InChI=1S/C33H64O4/c1-30(2)24-18-16-22-28-36-32(34)26-20-14-12-10-8-6-5-7-9-11-13-15-21-27-33(35)37-29-23-17-19-25-31(3)4/h30-31H,5-29H2,1-4H3. The zero-order chi connectivity index (χ0) is 27.4. The van der Waals surface area contributed by atoms with Crippen LogP contribution in [0.4, 0.5) is 0 Å². The molecule has 0 spiro atoms. The number of hydrogen-bond donors (Lipinski definition) is 0. The second-order valence-corrected chi connectivity index (χ2v) is 12.0. The number of carbonyl (C=O) groups is 2. The van der Waals surface area contributed by atoms with E-state index in [1.165, 1.54) is 96.3 Å². The highest BCUT2D eigenvalue weighted by Gasteiger charge is 2.04. The van der Waals surface area contributed by atoms with Gasteiger partial charge in [-0.25, -0.2) is 0 Å². The number of unbranched alkanes of at least 4 members (excludes halogenated alkanes) is 16. The molecule has 37 heavy (non-hydrogen) atoms. The molecule has 0 amide bonds. The van der Waals surface area contributed by atoms with Crippen LogP contribution in [0.2, 0.25) is 0 Å². The number of rotatable bonds is 28. The van der Waals surface area contributed by atoms with Gasteiger partial charge in [-0.15, -0.1) is 0 Å². The van der Waals surface area contributed by atoms with Gasteiger partial charge in [0, 0.05) is 12.8 Å². The Hall–Kier alpha value is -1.06. The van der Waals surface area contributed by atoms with Gasteiger partial charge in [-0.2, -0.15) is 0 Å². The van der Waals surface area contributed by atoms with E-state index in [2.05, 4.69) is 27.7 Å². The molecule has 0 aliphatic rings. The Morgan fingerprint density at radius 1 is 0.405 bits per heavy atom. The van der Waals surface area contributed by atoms with Gasteiger partial charge >= 0.3 is 11.9 Å². The van der Waals surface area contributed by atoms with Gasteiger partial charge in [-0.05, 0) is 37.5 Å². The molecule has 0 heterocycles. The summed E-state index contributed by atoms with van der Waals surface area (Å²) in [5, 5.41) is 0. The molecule has 0 aromatic carbocycles. The third-order valence-corrected chi connectivity index (χ3v) is 7.14. The molecule has 0 fully saturated rings. The molecule has 0 atom stereocenters. The quantitative estimate of drug-likeness (QED) is 0.0754. The normalized spacial score (nSPS) is 11.4. The first-order valence-corrected chi connectivity index (χ1v) is 16.2. The van der Waals surface area contributed by atoms with E-state index in [0.29, 0.717) is 26.1 Å². The van der Waals surface area contributed by atoms with E-state index in [4.69, 9.17) is 9.47 Å². The molecule has 0 saturated heterocycles. The van der Waals surface area contributed by atoms with Crippen LogP contribution in [0.5, 0.6) is 0 Å². The summed E-state index contributed by atoms with van der Waals surface area (Å²) in [6, 6.07) is 0. The van der Waals surface area contributed by atoms with Crippen LogP contribution < -0.4 is 0 Å². The predicted molar refractivity (Wildman–Crippen MR) is 158 cm³/mol. The Kier molecular flexibility index (Phi) is 27.2. The molecular weight excluding hydrogens is 460 g/mol. The lowest BCUT2D eigenvalue weighted by Crippen LogP contribution is -2.05. The smallest absolute Gasteiger partial charge is 0.305 e. The molecule has 0 saturated carbocycles.